The molecule has 0 aliphatic carbocycles. The lowest BCUT2D eigenvalue weighted by Crippen LogP contribution is -2.49. The Kier molecular flexibility index (Phi) is 4.95. The minimum atomic E-state index is 0.109. The number of nitrogens with zero attached hydrogens (tertiary/aromatic N) is 4. The molecule has 1 aliphatic rings. The zero-order chi connectivity index (χ0) is 19.8. The van der Waals surface area contributed by atoms with E-state index in [1.165, 1.54) is 11.3 Å². The molecule has 0 saturated carbocycles. The average molecular weight is 441 g/mol. The van der Waals surface area contributed by atoms with Crippen molar-refractivity contribution >= 4 is 56.9 Å². The summed E-state index contributed by atoms with van der Waals surface area (Å²) in [7, 11) is 0. The summed E-state index contributed by atoms with van der Waals surface area (Å²) in [6, 6.07) is 13.6. The van der Waals surface area contributed by atoms with Gasteiger partial charge in [-0.2, -0.15) is 0 Å². The third-order valence-corrected chi connectivity index (χ3v) is 6.94. The van der Waals surface area contributed by atoms with Gasteiger partial charge in [-0.3, -0.25) is 4.79 Å². The van der Waals surface area contributed by atoms with Crippen LogP contribution < -0.4 is 4.90 Å². The molecule has 8 heteroatoms. The topological polar surface area (TPSA) is 49.3 Å². The highest BCUT2D eigenvalue weighted by atomic mass is 35.5. The summed E-state index contributed by atoms with van der Waals surface area (Å²) in [4.78, 5) is 28.3. The number of carbonyl (C=O) groups is 1. The second-order valence-electron chi connectivity index (χ2n) is 6.77. The number of aromatic nitrogens is 2. The van der Waals surface area contributed by atoms with Gasteiger partial charge in [-0.25, -0.2) is 9.97 Å². The number of hydrogen-bond acceptors (Lipinski definition) is 6. The summed E-state index contributed by atoms with van der Waals surface area (Å²) in [5.74, 6) is 1.72. The van der Waals surface area contributed by atoms with Crippen molar-refractivity contribution < 1.29 is 4.79 Å². The molecule has 146 valence electrons. The number of fused-ring (bicyclic) bond motifs is 1. The standard InChI is InChI=1S/C21H17ClN4OS2/c22-14-5-6-15-16(13-14)23-19(17-3-1-11-28-17)24-20(15)25-7-9-26(10-8-25)21(27)18-4-2-12-29-18/h1-6,11-13H,7-10H2. The van der Waals surface area contributed by atoms with Crippen molar-refractivity contribution in [3.8, 4) is 10.7 Å². The fourth-order valence-electron chi connectivity index (χ4n) is 3.52. The van der Waals surface area contributed by atoms with Gasteiger partial charge in [0.15, 0.2) is 5.82 Å². The van der Waals surface area contributed by atoms with E-state index in [0.717, 1.165) is 39.6 Å². The van der Waals surface area contributed by atoms with Crippen molar-refractivity contribution in [1.29, 1.82) is 0 Å². The van der Waals surface area contributed by atoms with Crippen molar-refractivity contribution in [3.05, 3.63) is 63.1 Å². The Hall–Kier alpha value is -2.48. The van der Waals surface area contributed by atoms with Crippen LogP contribution in [-0.2, 0) is 0 Å². The molecule has 5 rings (SSSR count). The van der Waals surface area contributed by atoms with Gasteiger partial charge in [0.1, 0.15) is 5.82 Å². The Balaban J connectivity index is 1.46. The number of benzene rings is 1. The van der Waals surface area contributed by atoms with Crippen LogP contribution in [0.15, 0.2) is 53.2 Å². The summed E-state index contributed by atoms with van der Waals surface area (Å²) >= 11 is 9.33. The van der Waals surface area contributed by atoms with Gasteiger partial charge < -0.3 is 9.80 Å². The molecular weight excluding hydrogens is 424 g/mol. The van der Waals surface area contributed by atoms with E-state index in [9.17, 15) is 4.79 Å². The maximum Gasteiger partial charge on any atom is 0.264 e. The molecular formula is C21H17ClN4OS2. The third kappa shape index (κ3) is 3.61. The van der Waals surface area contributed by atoms with E-state index >= 15 is 0 Å². The lowest BCUT2D eigenvalue weighted by atomic mass is 10.2. The molecule has 0 bridgehead atoms. The normalized spacial score (nSPS) is 14.5. The van der Waals surface area contributed by atoms with Gasteiger partial charge in [-0.1, -0.05) is 23.7 Å². The average Bonchev–Trinajstić information content (AvgIpc) is 3.46. The molecule has 5 nitrogen and oxygen atoms in total. The van der Waals surface area contributed by atoms with E-state index in [2.05, 4.69) is 4.90 Å². The van der Waals surface area contributed by atoms with Crippen molar-refractivity contribution in [2.45, 2.75) is 0 Å². The van der Waals surface area contributed by atoms with Gasteiger partial charge in [0, 0.05) is 36.6 Å². The molecule has 0 radical (unpaired) electrons. The van der Waals surface area contributed by atoms with Gasteiger partial charge in [0.05, 0.1) is 15.3 Å². The van der Waals surface area contributed by atoms with Crippen molar-refractivity contribution in [2.75, 3.05) is 31.1 Å². The van der Waals surface area contributed by atoms with Gasteiger partial charge >= 0.3 is 0 Å². The first kappa shape index (κ1) is 18.5. The van der Waals surface area contributed by atoms with E-state index in [0.29, 0.717) is 23.9 Å². The van der Waals surface area contributed by atoms with Crippen LogP contribution in [0.1, 0.15) is 9.67 Å². The molecule has 1 amide bonds. The number of piperazine rings is 1. The van der Waals surface area contributed by atoms with Crippen LogP contribution in [0.4, 0.5) is 5.82 Å². The van der Waals surface area contributed by atoms with Gasteiger partial charge in [-0.15, -0.1) is 22.7 Å². The summed E-state index contributed by atoms with van der Waals surface area (Å²) in [5, 5.41) is 5.60. The quantitative estimate of drug-likeness (QED) is 0.448. The summed E-state index contributed by atoms with van der Waals surface area (Å²) in [5.41, 5.74) is 0.836. The van der Waals surface area contributed by atoms with E-state index in [4.69, 9.17) is 21.6 Å². The smallest absolute Gasteiger partial charge is 0.264 e. The molecule has 1 aromatic carbocycles. The van der Waals surface area contributed by atoms with Gasteiger partial charge in [0.2, 0.25) is 0 Å². The number of amides is 1. The minimum Gasteiger partial charge on any atom is -0.352 e. The van der Waals surface area contributed by atoms with Gasteiger partial charge in [0.25, 0.3) is 5.91 Å². The van der Waals surface area contributed by atoms with Crippen LogP contribution in [0.25, 0.3) is 21.6 Å². The van der Waals surface area contributed by atoms with Crippen LogP contribution in [0.3, 0.4) is 0 Å². The molecule has 1 saturated heterocycles. The van der Waals surface area contributed by atoms with Crippen LogP contribution in [0, 0.1) is 0 Å². The summed E-state index contributed by atoms with van der Waals surface area (Å²) in [6.45, 7) is 2.81. The maximum atomic E-state index is 12.6. The van der Waals surface area contributed by atoms with Crippen molar-refractivity contribution in [3.63, 3.8) is 0 Å². The lowest BCUT2D eigenvalue weighted by Gasteiger charge is -2.35. The molecule has 0 N–H and O–H groups in total. The maximum absolute atomic E-state index is 12.6. The minimum absolute atomic E-state index is 0.109. The molecule has 3 aromatic heterocycles. The lowest BCUT2D eigenvalue weighted by molar-refractivity contribution is 0.0751. The van der Waals surface area contributed by atoms with E-state index in [1.54, 1.807) is 11.3 Å². The molecule has 0 unspecified atom stereocenters. The van der Waals surface area contributed by atoms with Gasteiger partial charge in [-0.05, 0) is 41.1 Å². The van der Waals surface area contributed by atoms with E-state index in [-0.39, 0.29) is 5.91 Å². The first-order chi connectivity index (χ1) is 14.2. The Morgan fingerprint density at radius 3 is 2.48 bits per heavy atom. The van der Waals surface area contributed by atoms with E-state index < -0.39 is 0 Å². The highest BCUT2D eigenvalue weighted by molar-refractivity contribution is 7.13. The molecule has 1 aliphatic heterocycles. The summed E-state index contributed by atoms with van der Waals surface area (Å²) in [6.07, 6.45) is 0. The number of thiophene rings is 2. The van der Waals surface area contributed by atoms with Crippen LogP contribution in [0.2, 0.25) is 5.02 Å². The molecule has 1 fully saturated rings. The molecule has 29 heavy (non-hydrogen) atoms. The molecule has 0 atom stereocenters. The fourth-order valence-corrected chi connectivity index (χ4v) is 5.04. The fraction of sp³-hybridized carbons (Fsp3) is 0.190. The number of hydrogen-bond donors (Lipinski definition) is 0. The van der Waals surface area contributed by atoms with Crippen LogP contribution in [-0.4, -0.2) is 47.0 Å². The van der Waals surface area contributed by atoms with Crippen LogP contribution in [0.5, 0.6) is 0 Å². The predicted octanol–water partition coefficient (Wildman–Crippen LogP) is 5.04. The van der Waals surface area contributed by atoms with Crippen LogP contribution >= 0.6 is 34.3 Å². The molecule has 4 heterocycles. The van der Waals surface area contributed by atoms with Crippen molar-refractivity contribution in [2.24, 2.45) is 0 Å². The number of halogens is 1. The number of carbonyl (C=O) groups excluding carboxylic acids is 1. The Bertz CT molecular complexity index is 1150. The Morgan fingerprint density at radius 2 is 1.76 bits per heavy atom. The summed E-state index contributed by atoms with van der Waals surface area (Å²) < 4.78 is 0. The highest BCUT2D eigenvalue weighted by Gasteiger charge is 2.25. The molecule has 0 spiro atoms. The second kappa shape index (κ2) is 7.74. The monoisotopic (exact) mass is 440 g/mol. The number of rotatable bonds is 3. The van der Waals surface area contributed by atoms with Crippen molar-refractivity contribution in [1.82, 2.24) is 14.9 Å². The number of anilines is 1. The predicted molar refractivity (Wildman–Crippen MR) is 120 cm³/mol. The van der Waals surface area contributed by atoms with E-state index in [1.807, 2.05) is 58.1 Å². The third-order valence-electron chi connectivity index (χ3n) is 4.98. The highest BCUT2D eigenvalue weighted by Crippen LogP contribution is 2.31. The molecule has 4 aromatic rings. The zero-order valence-corrected chi connectivity index (χ0v) is 17.8. The largest absolute Gasteiger partial charge is 0.352 e. The first-order valence-electron chi connectivity index (χ1n) is 9.28. The first-order valence-corrected chi connectivity index (χ1v) is 11.4. The SMILES string of the molecule is O=C(c1cccs1)N1CCN(c2nc(-c3cccs3)nc3cc(Cl)ccc23)CC1. The second-order valence-corrected chi connectivity index (χ2v) is 9.10. The zero-order valence-electron chi connectivity index (χ0n) is 15.4. The Labute approximate surface area is 181 Å². The Morgan fingerprint density at radius 1 is 0.966 bits per heavy atom.